The summed E-state index contributed by atoms with van der Waals surface area (Å²) in [6, 6.07) is -0.313. The van der Waals surface area contributed by atoms with Crippen molar-refractivity contribution in [2.75, 3.05) is 26.8 Å². The van der Waals surface area contributed by atoms with Gasteiger partial charge in [-0.1, -0.05) is 23.2 Å². The lowest BCUT2D eigenvalue weighted by Gasteiger charge is -2.13. The van der Waals surface area contributed by atoms with E-state index in [0.717, 1.165) is 0 Å². The molecule has 15 heavy (non-hydrogen) atoms. The van der Waals surface area contributed by atoms with E-state index in [1.54, 1.807) is 14.0 Å². The van der Waals surface area contributed by atoms with E-state index < -0.39 is 0 Å². The number of hydrogen-bond donors (Lipinski definition) is 2. The molecule has 0 heterocycles. The zero-order valence-corrected chi connectivity index (χ0v) is 10.4. The Morgan fingerprint density at radius 3 is 2.80 bits per heavy atom. The minimum absolute atomic E-state index is 0.0916. The Hall–Kier alpha value is -0.290. The SMILES string of the molecule is COCCNC(=O)C(C)NCC(Cl)=CCl. The van der Waals surface area contributed by atoms with E-state index in [1.807, 2.05) is 0 Å². The second kappa shape index (κ2) is 8.97. The molecule has 0 fully saturated rings. The molecule has 1 atom stereocenters. The molecule has 6 heteroatoms. The fourth-order valence-corrected chi connectivity index (χ4v) is 0.966. The maximum atomic E-state index is 11.4. The number of rotatable bonds is 7. The summed E-state index contributed by atoms with van der Waals surface area (Å²) < 4.78 is 4.80. The van der Waals surface area contributed by atoms with Crippen molar-refractivity contribution in [2.45, 2.75) is 13.0 Å². The van der Waals surface area contributed by atoms with E-state index in [9.17, 15) is 4.79 Å². The van der Waals surface area contributed by atoms with E-state index in [0.29, 0.717) is 24.7 Å². The van der Waals surface area contributed by atoms with Crippen molar-refractivity contribution in [2.24, 2.45) is 0 Å². The maximum Gasteiger partial charge on any atom is 0.236 e. The molecule has 1 amide bonds. The first-order chi connectivity index (χ1) is 7.11. The molecule has 2 N–H and O–H groups in total. The van der Waals surface area contributed by atoms with Crippen LogP contribution in [0.3, 0.4) is 0 Å². The van der Waals surface area contributed by atoms with E-state index in [-0.39, 0.29) is 11.9 Å². The average molecular weight is 255 g/mol. The molecule has 88 valence electrons. The number of hydrogen-bond acceptors (Lipinski definition) is 3. The van der Waals surface area contributed by atoms with Crippen molar-refractivity contribution in [3.8, 4) is 0 Å². The summed E-state index contributed by atoms with van der Waals surface area (Å²) in [6.07, 6.45) is 0. The largest absolute Gasteiger partial charge is 0.383 e. The fourth-order valence-electron chi connectivity index (χ4n) is 0.811. The molecule has 0 aliphatic rings. The van der Waals surface area contributed by atoms with Gasteiger partial charge >= 0.3 is 0 Å². The molecule has 0 spiro atoms. The lowest BCUT2D eigenvalue weighted by Crippen LogP contribution is -2.43. The monoisotopic (exact) mass is 254 g/mol. The highest BCUT2D eigenvalue weighted by Gasteiger charge is 2.10. The number of halogens is 2. The van der Waals surface area contributed by atoms with Crippen LogP contribution in [0.15, 0.2) is 10.6 Å². The molecule has 0 saturated carbocycles. The Bertz CT molecular complexity index is 222. The average Bonchev–Trinajstić information content (AvgIpc) is 2.25. The van der Waals surface area contributed by atoms with Crippen molar-refractivity contribution >= 4 is 29.1 Å². The summed E-state index contributed by atoms with van der Waals surface area (Å²) in [5.74, 6) is -0.0916. The third-order valence-corrected chi connectivity index (χ3v) is 2.31. The van der Waals surface area contributed by atoms with E-state index in [2.05, 4.69) is 10.6 Å². The van der Waals surface area contributed by atoms with Gasteiger partial charge in [-0.15, -0.1) is 0 Å². The molecule has 0 radical (unpaired) electrons. The van der Waals surface area contributed by atoms with Gasteiger partial charge in [0.15, 0.2) is 0 Å². The molecule has 0 aliphatic heterocycles. The molecule has 0 saturated heterocycles. The highest BCUT2D eigenvalue weighted by molar-refractivity contribution is 6.36. The third kappa shape index (κ3) is 7.62. The Morgan fingerprint density at radius 2 is 2.27 bits per heavy atom. The number of amides is 1. The van der Waals surface area contributed by atoms with Crippen molar-refractivity contribution in [1.82, 2.24) is 10.6 Å². The molecule has 0 aromatic carbocycles. The lowest BCUT2D eigenvalue weighted by atomic mass is 10.3. The van der Waals surface area contributed by atoms with Crippen LogP contribution in [0.2, 0.25) is 0 Å². The molecular formula is C9H16Cl2N2O2. The summed E-state index contributed by atoms with van der Waals surface area (Å²) in [6.45, 7) is 3.13. The first-order valence-corrected chi connectivity index (χ1v) is 5.38. The summed E-state index contributed by atoms with van der Waals surface area (Å²) in [5, 5.41) is 6.09. The van der Waals surface area contributed by atoms with Crippen LogP contribution in [-0.2, 0) is 9.53 Å². The van der Waals surface area contributed by atoms with Gasteiger partial charge in [0.05, 0.1) is 12.6 Å². The zero-order valence-electron chi connectivity index (χ0n) is 8.85. The van der Waals surface area contributed by atoms with E-state index >= 15 is 0 Å². The topological polar surface area (TPSA) is 50.4 Å². The van der Waals surface area contributed by atoms with Gasteiger partial charge in [0.2, 0.25) is 5.91 Å². The van der Waals surface area contributed by atoms with Gasteiger partial charge < -0.3 is 15.4 Å². The van der Waals surface area contributed by atoms with Crippen LogP contribution in [0.5, 0.6) is 0 Å². The lowest BCUT2D eigenvalue weighted by molar-refractivity contribution is -0.122. The highest BCUT2D eigenvalue weighted by atomic mass is 35.5. The van der Waals surface area contributed by atoms with Crippen molar-refractivity contribution in [3.63, 3.8) is 0 Å². The van der Waals surface area contributed by atoms with Crippen molar-refractivity contribution in [1.29, 1.82) is 0 Å². The molecule has 0 aliphatic carbocycles. The van der Waals surface area contributed by atoms with Crippen LogP contribution in [0.1, 0.15) is 6.92 Å². The number of methoxy groups -OCH3 is 1. The predicted molar refractivity (Wildman–Crippen MR) is 62.1 cm³/mol. The predicted octanol–water partition coefficient (Wildman–Crippen LogP) is 1.05. The number of carbonyl (C=O) groups excluding carboxylic acids is 1. The summed E-state index contributed by atoms with van der Waals surface area (Å²) in [4.78, 5) is 11.4. The molecule has 1 unspecified atom stereocenters. The van der Waals surface area contributed by atoms with Gasteiger partial charge in [-0.25, -0.2) is 0 Å². The number of ether oxygens (including phenoxy) is 1. The molecule has 0 bridgehead atoms. The Kier molecular flexibility index (Phi) is 8.80. The van der Waals surface area contributed by atoms with E-state index in [1.165, 1.54) is 5.54 Å². The first kappa shape index (κ1) is 14.7. The normalized spacial score (nSPS) is 13.7. The molecule has 0 rings (SSSR count). The fraction of sp³-hybridized carbons (Fsp3) is 0.667. The van der Waals surface area contributed by atoms with Gasteiger partial charge in [-0.05, 0) is 6.92 Å². The second-order valence-electron chi connectivity index (χ2n) is 2.94. The number of nitrogens with one attached hydrogen (secondary N) is 2. The smallest absolute Gasteiger partial charge is 0.236 e. The summed E-state index contributed by atoms with van der Waals surface area (Å²) in [7, 11) is 1.58. The minimum atomic E-state index is -0.313. The summed E-state index contributed by atoms with van der Waals surface area (Å²) in [5.41, 5.74) is 1.27. The molecular weight excluding hydrogens is 239 g/mol. The maximum absolute atomic E-state index is 11.4. The second-order valence-corrected chi connectivity index (χ2v) is 3.65. The van der Waals surface area contributed by atoms with E-state index in [4.69, 9.17) is 27.9 Å². The molecule has 0 aromatic rings. The van der Waals surface area contributed by atoms with Crippen LogP contribution >= 0.6 is 23.2 Å². The first-order valence-electron chi connectivity index (χ1n) is 4.56. The zero-order chi connectivity index (χ0) is 11.7. The number of carbonyl (C=O) groups is 1. The Balaban J connectivity index is 3.69. The van der Waals surface area contributed by atoms with Gasteiger partial charge in [0.25, 0.3) is 0 Å². The van der Waals surface area contributed by atoms with Crippen molar-refractivity contribution in [3.05, 3.63) is 10.6 Å². The van der Waals surface area contributed by atoms with Gasteiger partial charge in [-0.3, -0.25) is 4.79 Å². The van der Waals surface area contributed by atoms with Crippen LogP contribution < -0.4 is 10.6 Å². The van der Waals surface area contributed by atoms with Gasteiger partial charge in [0.1, 0.15) is 0 Å². The van der Waals surface area contributed by atoms with Gasteiger partial charge in [0, 0.05) is 30.8 Å². The van der Waals surface area contributed by atoms with Gasteiger partial charge in [-0.2, -0.15) is 0 Å². The standard InChI is InChI=1S/C9H16Cl2N2O2/c1-7(13-6-8(11)5-10)9(14)12-3-4-15-2/h5,7,13H,3-4,6H2,1-2H3,(H,12,14). The van der Waals surface area contributed by atoms with Crippen LogP contribution in [-0.4, -0.2) is 38.8 Å². The van der Waals surface area contributed by atoms with Crippen LogP contribution in [0.4, 0.5) is 0 Å². The quantitative estimate of drug-likeness (QED) is 0.668. The van der Waals surface area contributed by atoms with Crippen LogP contribution in [0.25, 0.3) is 0 Å². The minimum Gasteiger partial charge on any atom is -0.383 e. The Morgan fingerprint density at radius 1 is 1.60 bits per heavy atom. The third-order valence-electron chi connectivity index (χ3n) is 1.69. The van der Waals surface area contributed by atoms with Crippen LogP contribution in [0, 0.1) is 0 Å². The molecule has 0 aromatic heterocycles. The molecule has 4 nitrogen and oxygen atoms in total. The summed E-state index contributed by atoms with van der Waals surface area (Å²) >= 11 is 11.0. The Labute approximate surface area is 100.0 Å². The highest BCUT2D eigenvalue weighted by Crippen LogP contribution is 2.00. The van der Waals surface area contributed by atoms with Crippen molar-refractivity contribution < 1.29 is 9.53 Å².